The molecule has 0 aliphatic rings. The van der Waals surface area contributed by atoms with Crippen molar-refractivity contribution in [3.63, 3.8) is 0 Å². The van der Waals surface area contributed by atoms with Gasteiger partial charge in [0.15, 0.2) is 11.5 Å². The maximum Gasteiger partial charge on any atom is 0.163 e. The van der Waals surface area contributed by atoms with Gasteiger partial charge in [-0.05, 0) is 49.9 Å². The Morgan fingerprint density at radius 3 is 2.50 bits per heavy atom. The van der Waals surface area contributed by atoms with Gasteiger partial charge in [-0.2, -0.15) is 0 Å². The average Bonchev–Trinajstić information content (AvgIpc) is 2.65. The lowest BCUT2D eigenvalue weighted by Crippen LogP contribution is -2.15. The van der Waals surface area contributed by atoms with E-state index in [1.54, 1.807) is 7.11 Å². The van der Waals surface area contributed by atoms with Crippen LogP contribution in [-0.2, 0) is 13.2 Å². The summed E-state index contributed by atoms with van der Waals surface area (Å²) in [6.07, 6.45) is 2.91. The first-order chi connectivity index (χ1) is 12.6. The summed E-state index contributed by atoms with van der Waals surface area (Å²) < 4.78 is 11.4. The lowest BCUT2D eigenvalue weighted by atomic mass is 10.1. The van der Waals surface area contributed by atoms with E-state index in [0.29, 0.717) is 29.7 Å². The molecule has 2 aromatic carbocycles. The Hall–Kier alpha value is -1.75. The number of methoxy groups -OCH3 is 1. The quantitative estimate of drug-likeness (QED) is 0.566. The van der Waals surface area contributed by atoms with Gasteiger partial charge in [0.05, 0.1) is 7.11 Å². The number of aliphatic hydroxyl groups excluding tert-OH is 1. The van der Waals surface area contributed by atoms with Crippen molar-refractivity contribution in [3.05, 3.63) is 58.1 Å². The fourth-order valence-electron chi connectivity index (χ4n) is 2.59. The van der Waals surface area contributed by atoms with E-state index in [-0.39, 0.29) is 6.61 Å². The second-order valence-corrected chi connectivity index (χ2v) is 6.74. The van der Waals surface area contributed by atoms with Gasteiger partial charge in [0, 0.05) is 24.2 Å². The van der Waals surface area contributed by atoms with E-state index in [4.69, 9.17) is 26.2 Å². The maximum atomic E-state index is 8.79. The fourth-order valence-corrected chi connectivity index (χ4v) is 2.81. The van der Waals surface area contributed by atoms with Gasteiger partial charge in [-0.3, -0.25) is 0 Å². The van der Waals surface area contributed by atoms with Crippen LogP contribution >= 0.6 is 11.6 Å². The Morgan fingerprint density at radius 1 is 1.04 bits per heavy atom. The molecular formula is C21H28ClNO3. The first kappa shape index (κ1) is 20.6. The van der Waals surface area contributed by atoms with Crippen molar-refractivity contribution in [1.82, 2.24) is 5.32 Å². The van der Waals surface area contributed by atoms with Crippen LogP contribution in [-0.4, -0.2) is 25.4 Å². The van der Waals surface area contributed by atoms with E-state index < -0.39 is 0 Å². The highest BCUT2D eigenvalue weighted by Crippen LogP contribution is 2.34. The van der Waals surface area contributed by atoms with E-state index in [1.165, 1.54) is 5.56 Å². The van der Waals surface area contributed by atoms with Crippen molar-refractivity contribution in [2.24, 2.45) is 0 Å². The molecule has 0 aromatic heterocycles. The molecule has 0 saturated heterocycles. The maximum absolute atomic E-state index is 8.79. The zero-order valence-electron chi connectivity index (χ0n) is 15.6. The molecular weight excluding hydrogens is 350 g/mol. The molecule has 0 heterocycles. The van der Waals surface area contributed by atoms with E-state index in [2.05, 4.69) is 36.5 Å². The molecule has 26 heavy (non-hydrogen) atoms. The van der Waals surface area contributed by atoms with E-state index in [0.717, 1.165) is 36.9 Å². The molecule has 0 spiro atoms. The molecule has 0 bridgehead atoms. The van der Waals surface area contributed by atoms with Gasteiger partial charge in [-0.25, -0.2) is 0 Å². The van der Waals surface area contributed by atoms with Gasteiger partial charge in [-0.1, -0.05) is 41.4 Å². The minimum Gasteiger partial charge on any atom is -0.493 e. The number of benzene rings is 2. The van der Waals surface area contributed by atoms with Gasteiger partial charge in [0.25, 0.3) is 0 Å². The number of halogens is 1. The molecule has 0 unspecified atom stereocenters. The van der Waals surface area contributed by atoms with Crippen LogP contribution in [0.15, 0.2) is 36.4 Å². The van der Waals surface area contributed by atoms with E-state index in [9.17, 15) is 0 Å². The van der Waals surface area contributed by atoms with Gasteiger partial charge in [0.1, 0.15) is 6.61 Å². The highest BCUT2D eigenvalue weighted by atomic mass is 35.5. The monoisotopic (exact) mass is 377 g/mol. The van der Waals surface area contributed by atoms with Crippen molar-refractivity contribution < 1.29 is 14.6 Å². The summed E-state index contributed by atoms with van der Waals surface area (Å²) in [7, 11) is 1.63. The summed E-state index contributed by atoms with van der Waals surface area (Å²) in [5, 5.41) is 12.8. The summed E-state index contributed by atoms with van der Waals surface area (Å²) in [6.45, 7) is 4.35. The van der Waals surface area contributed by atoms with Crippen LogP contribution < -0.4 is 14.8 Å². The van der Waals surface area contributed by atoms with Gasteiger partial charge in [-0.15, -0.1) is 0 Å². The predicted molar refractivity (Wildman–Crippen MR) is 106 cm³/mol. The SMILES string of the molecule is COc1cc(CNCCCCCO)c(Cl)cc1OCc1ccc(C)cc1. The molecule has 2 rings (SSSR count). The van der Waals surface area contributed by atoms with Crippen molar-refractivity contribution in [1.29, 1.82) is 0 Å². The van der Waals surface area contributed by atoms with Crippen LogP contribution in [0.25, 0.3) is 0 Å². The van der Waals surface area contributed by atoms with Gasteiger partial charge in [0.2, 0.25) is 0 Å². The van der Waals surface area contributed by atoms with Gasteiger partial charge < -0.3 is 19.9 Å². The summed E-state index contributed by atoms with van der Waals surface area (Å²) in [5.74, 6) is 1.32. The largest absolute Gasteiger partial charge is 0.493 e. The first-order valence-corrected chi connectivity index (χ1v) is 9.38. The number of hydrogen-bond donors (Lipinski definition) is 2. The number of unbranched alkanes of at least 4 members (excludes halogenated alkanes) is 2. The number of nitrogens with one attached hydrogen (secondary N) is 1. The number of ether oxygens (including phenoxy) is 2. The summed E-state index contributed by atoms with van der Waals surface area (Å²) >= 11 is 6.41. The third-order valence-electron chi connectivity index (χ3n) is 4.17. The Labute approximate surface area is 161 Å². The third-order valence-corrected chi connectivity index (χ3v) is 4.53. The summed E-state index contributed by atoms with van der Waals surface area (Å²) in [6, 6.07) is 12.0. The number of aliphatic hydroxyl groups is 1. The van der Waals surface area contributed by atoms with Crippen LogP contribution in [0, 0.1) is 6.92 Å². The number of rotatable bonds is 11. The second kappa shape index (κ2) is 11.1. The Kier molecular flexibility index (Phi) is 8.75. The first-order valence-electron chi connectivity index (χ1n) is 9.00. The van der Waals surface area contributed by atoms with Crippen LogP contribution in [0.2, 0.25) is 5.02 Å². The zero-order valence-corrected chi connectivity index (χ0v) is 16.3. The smallest absolute Gasteiger partial charge is 0.163 e. The van der Waals surface area contributed by atoms with Crippen molar-refractivity contribution >= 4 is 11.6 Å². The molecule has 0 radical (unpaired) electrons. The van der Waals surface area contributed by atoms with Gasteiger partial charge >= 0.3 is 0 Å². The zero-order chi connectivity index (χ0) is 18.8. The van der Waals surface area contributed by atoms with E-state index >= 15 is 0 Å². The Balaban J connectivity index is 1.93. The second-order valence-electron chi connectivity index (χ2n) is 6.33. The van der Waals surface area contributed by atoms with Crippen LogP contribution in [0.3, 0.4) is 0 Å². The molecule has 2 N–H and O–H groups in total. The molecule has 0 fully saturated rings. The normalized spacial score (nSPS) is 10.8. The lowest BCUT2D eigenvalue weighted by molar-refractivity contribution is 0.282. The minimum absolute atomic E-state index is 0.257. The molecule has 0 aliphatic carbocycles. The topological polar surface area (TPSA) is 50.7 Å². The highest BCUT2D eigenvalue weighted by Gasteiger charge is 2.11. The molecule has 0 aliphatic heterocycles. The van der Waals surface area contributed by atoms with Crippen LogP contribution in [0.5, 0.6) is 11.5 Å². The molecule has 0 amide bonds. The lowest BCUT2D eigenvalue weighted by Gasteiger charge is -2.14. The van der Waals surface area contributed by atoms with Crippen LogP contribution in [0.4, 0.5) is 0 Å². The minimum atomic E-state index is 0.257. The van der Waals surface area contributed by atoms with Crippen LogP contribution in [0.1, 0.15) is 36.0 Å². The molecule has 2 aromatic rings. The number of hydrogen-bond acceptors (Lipinski definition) is 4. The highest BCUT2D eigenvalue weighted by molar-refractivity contribution is 6.31. The van der Waals surface area contributed by atoms with Crippen molar-refractivity contribution in [2.45, 2.75) is 39.3 Å². The molecule has 0 atom stereocenters. The molecule has 142 valence electrons. The standard InChI is InChI=1S/C21H28ClNO3/c1-16-6-8-17(9-7-16)15-26-21-13-19(22)18(12-20(21)25-2)14-23-10-4-3-5-11-24/h6-9,12-13,23-24H,3-5,10-11,14-15H2,1-2H3. The molecule has 4 nitrogen and oxygen atoms in total. The predicted octanol–water partition coefficient (Wildman–Crippen LogP) is 4.49. The van der Waals surface area contributed by atoms with Crippen molar-refractivity contribution in [2.75, 3.05) is 20.3 Å². The molecule has 0 saturated carbocycles. The Bertz CT molecular complexity index is 674. The third kappa shape index (κ3) is 6.52. The van der Waals surface area contributed by atoms with E-state index in [1.807, 2.05) is 12.1 Å². The molecule has 5 heteroatoms. The summed E-state index contributed by atoms with van der Waals surface area (Å²) in [4.78, 5) is 0. The fraction of sp³-hybridized carbons (Fsp3) is 0.429. The summed E-state index contributed by atoms with van der Waals surface area (Å²) in [5.41, 5.74) is 3.30. The van der Waals surface area contributed by atoms with Crippen molar-refractivity contribution in [3.8, 4) is 11.5 Å². The number of aryl methyl sites for hydroxylation is 1. The Morgan fingerprint density at radius 2 is 1.81 bits per heavy atom. The average molecular weight is 378 g/mol.